The van der Waals surface area contributed by atoms with Crippen molar-refractivity contribution in [3.8, 4) is 0 Å². The fourth-order valence-corrected chi connectivity index (χ4v) is 2.13. The van der Waals surface area contributed by atoms with Crippen molar-refractivity contribution in [2.75, 3.05) is 5.32 Å². The molecule has 0 atom stereocenters. The van der Waals surface area contributed by atoms with E-state index in [1.807, 2.05) is 0 Å². The number of hydrogen-bond donors (Lipinski definition) is 3. The Morgan fingerprint density at radius 3 is 2.61 bits per heavy atom. The summed E-state index contributed by atoms with van der Waals surface area (Å²) in [5.41, 5.74) is -1.15. The average Bonchev–Trinajstić information content (AvgIpc) is 2.90. The van der Waals surface area contributed by atoms with Gasteiger partial charge < -0.3 is 10.4 Å². The van der Waals surface area contributed by atoms with Crippen molar-refractivity contribution in [2.24, 2.45) is 7.05 Å². The van der Waals surface area contributed by atoms with Crippen molar-refractivity contribution in [1.29, 1.82) is 0 Å². The minimum atomic E-state index is -1.15. The summed E-state index contributed by atoms with van der Waals surface area (Å²) in [6.07, 6.45) is 3.81. The molecular weight excluding hydrogens is 238 g/mol. The molecule has 8 nitrogen and oxygen atoms in total. The molecule has 1 aromatic rings. The van der Waals surface area contributed by atoms with E-state index in [4.69, 9.17) is 0 Å². The molecule has 98 valence electrons. The van der Waals surface area contributed by atoms with Gasteiger partial charge in [0.1, 0.15) is 11.9 Å². The van der Waals surface area contributed by atoms with Crippen LogP contribution < -0.4 is 10.6 Å². The van der Waals surface area contributed by atoms with Gasteiger partial charge in [0.25, 0.3) is 0 Å². The molecule has 1 aliphatic rings. The van der Waals surface area contributed by atoms with Crippen molar-refractivity contribution in [2.45, 2.75) is 31.2 Å². The van der Waals surface area contributed by atoms with Crippen molar-refractivity contribution in [3.05, 3.63) is 6.33 Å². The Morgan fingerprint density at radius 1 is 1.44 bits per heavy atom. The van der Waals surface area contributed by atoms with Crippen molar-refractivity contribution in [1.82, 2.24) is 20.1 Å². The van der Waals surface area contributed by atoms with Gasteiger partial charge in [-0.1, -0.05) is 12.8 Å². The minimum absolute atomic E-state index is 0.269. The summed E-state index contributed by atoms with van der Waals surface area (Å²) in [4.78, 5) is 26.8. The largest absolute Gasteiger partial charge is 0.480 e. The van der Waals surface area contributed by atoms with Crippen LogP contribution in [0.25, 0.3) is 0 Å². The van der Waals surface area contributed by atoms with E-state index in [0.29, 0.717) is 12.8 Å². The normalized spacial score (nSPS) is 17.4. The van der Waals surface area contributed by atoms with Crippen LogP contribution in [0.4, 0.5) is 10.7 Å². The molecule has 0 aliphatic heterocycles. The second-order valence-electron chi connectivity index (χ2n) is 4.38. The van der Waals surface area contributed by atoms with Crippen LogP contribution in [0.1, 0.15) is 25.7 Å². The molecule has 8 heteroatoms. The van der Waals surface area contributed by atoms with Crippen LogP contribution in [0.3, 0.4) is 0 Å². The number of nitrogens with one attached hydrogen (secondary N) is 2. The molecule has 3 N–H and O–H groups in total. The first-order valence-electron chi connectivity index (χ1n) is 5.70. The number of carbonyl (C=O) groups is 2. The molecule has 0 spiro atoms. The first kappa shape index (κ1) is 12.3. The molecule has 1 saturated carbocycles. The van der Waals surface area contributed by atoms with Crippen LogP contribution in [-0.2, 0) is 11.8 Å². The Labute approximate surface area is 103 Å². The molecule has 18 heavy (non-hydrogen) atoms. The highest BCUT2D eigenvalue weighted by Gasteiger charge is 2.42. The SMILES string of the molecule is Cn1ncnc1NC(=O)NC1(C(=O)O)CCCC1. The van der Waals surface area contributed by atoms with Gasteiger partial charge in [-0.05, 0) is 12.8 Å². The highest BCUT2D eigenvalue weighted by atomic mass is 16.4. The number of nitrogens with zero attached hydrogens (tertiary/aromatic N) is 3. The molecule has 0 radical (unpaired) electrons. The minimum Gasteiger partial charge on any atom is -0.480 e. The second kappa shape index (κ2) is 4.63. The van der Waals surface area contributed by atoms with Gasteiger partial charge in [0.05, 0.1) is 0 Å². The number of rotatable bonds is 3. The van der Waals surface area contributed by atoms with E-state index in [1.54, 1.807) is 7.05 Å². The Bertz CT molecular complexity index is 464. The monoisotopic (exact) mass is 253 g/mol. The summed E-state index contributed by atoms with van der Waals surface area (Å²) in [5.74, 6) is -0.723. The molecule has 1 aliphatic carbocycles. The number of aliphatic carboxylic acids is 1. The standard InChI is InChI=1S/C10H15N5O3/c1-15-8(11-6-12-15)13-9(18)14-10(7(16)17)4-2-3-5-10/h6H,2-5H2,1H3,(H,16,17)(H2,11,12,13,14,18). The number of amides is 2. The highest BCUT2D eigenvalue weighted by molar-refractivity contribution is 5.92. The zero-order chi connectivity index (χ0) is 13.2. The maximum atomic E-state index is 11.8. The maximum Gasteiger partial charge on any atom is 0.329 e. The van der Waals surface area contributed by atoms with E-state index in [-0.39, 0.29) is 5.95 Å². The van der Waals surface area contributed by atoms with Crippen molar-refractivity contribution >= 4 is 17.9 Å². The Balaban J connectivity index is 2.02. The molecule has 1 aromatic heterocycles. The number of hydrogen-bond acceptors (Lipinski definition) is 4. The number of carbonyl (C=O) groups excluding carboxylic acids is 1. The van der Waals surface area contributed by atoms with Gasteiger partial charge in [-0.25, -0.2) is 14.3 Å². The average molecular weight is 253 g/mol. The van der Waals surface area contributed by atoms with E-state index >= 15 is 0 Å². The van der Waals surface area contributed by atoms with Gasteiger partial charge in [-0.3, -0.25) is 5.32 Å². The van der Waals surface area contributed by atoms with Crippen molar-refractivity contribution < 1.29 is 14.7 Å². The van der Waals surface area contributed by atoms with E-state index in [1.165, 1.54) is 11.0 Å². The predicted octanol–water partition coefficient (Wildman–Crippen LogP) is 0.334. The molecule has 0 bridgehead atoms. The fraction of sp³-hybridized carbons (Fsp3) is 0.600. The topological polar surface area (TPSA) is 109 Å². The molecular formula is C10H15N5O3. The molecule has 2 rings (SSSR count). The quantitative estimate of drug-likeness (QED) is 0.719. The van der Waals surface area contributed by atoms with Crippen LogP contribution in [0.15, 0.2) is 6.33 Å². The van der Waals surface area contributed by atoms with Crippen LogP contribution >= 0.6 is 0 Å². The summed E-state index contributed by atoms with van der Waals surface area (Å²) in [7, 11) is 1.63. The number of anilines is 1. The van der Waals surface area contributed by atoms with E-state index < -0.39 is 17.5 Å². The van der Waals surface area contributed by atoms with Gasteiger partial charge in [-0.15, -0.1) is 0 Å². The smallest absolute Gasteiger partial charge is 0.329 e. The lowest BCUT2D eigenvalue weighted by Gasteiger charge is -2.25. The highest BCUT2D eigenvalue weighted by Crippen LogP contribution is 2.29. The summed E-state index contributed by atoms with van der Waals surface area (Å²) in [6.45, 7) is 0. The van der Waals surface area contributed by atoms with E-state index in [0.717, 1.165) is 12.8 Å². The first-order chi connectivity index (χ1) is 8.53. The summed E-state index contributed by atoms with van der Waals surface area (Å²) in [6, 6.07) is -0.574. The number of carboxylic acids is 1. The molecule has 0 saturated heterocycles. The number of aryl methyl sites for hydroxylation is 1. The fourth-order valence-electron chi connectivity index (χ4n) is 2.13. The zero-order valence-corrected chi connectivity index (χ0v) is 10.0. The van der Waals surface area contributed by atoms with E-state index in [2.05, 4.69) is 20.7 Å². The van der Waals surface area contributed by atoms with Gasteiger partial charge in [-0.2, -0.15) is 10.1 Å². The third kappa shape index (κ3) is 2.27. The predicted molar refractivity (Wildman–Crippen MR) is 62.0 cm³/mol. The molecule has 1 fully saturated rings. The Hall–Kier alpha value is -2.12. The first-order valence-corrected chi connectivity index (χ1v) is 5.70. The molecule has 1 heterocycles. The number of urea groups is 1. The number of carboxylic acid groups (broad SMARTS) is 1. The van der Waals surface area contributed by atoms with Gasteiger partial charge >= 0.3 is 12.0 Å². The van der Waals surface area contributed by atoms with Crippen LogP contribution in [0.5, 0.6) is 0 Å². The third-order valence-electron chi connectivity index (χ3n) is 3.16. The summed E-state index contributed by atoms with van der Waals surface area (Å²) < 4.78 is 1.39. The Morgan fingerprint density at radius 2 is 2.11 bits per heavy atom. The summed E-state index contributed by atoms with van der Waals surface area (Å²) >= 11 is 0. The van der Waals surface area contributed by atoms with Gasteiger partial charge in [0.2, 0.25) is 5.95 Å². The van der Waals surface area contributed by atoms with Gasteiger partial charge in [0, 0.05) is 7.05 Å². The lowest BCUT2D eigenvalue weighted by molar-refractivity contribution is -0.144. The molecule has 2 amide bonds. The molecule has 0 aromatic carbocycles. The van der Waals surface area contributed by atoms with Crippen LogP contribution in [0.2, 0.25) is 0 Å². The molecule has 0 unspecified atom stereocenters. The second-order valence-corrected chi connectivity index (χ2v) is 4.38. The Kier molecular flexibility index (Phi) is 3.17. The van der Waals surface area contributed by atoms with Crippen LogP contribution in [0, 0.1) is 0 Å². The lowest BCUT2D eigenvalue weighted by atomic mass is 9.98. The maximum absolute atomic E-state index is 11.8. The number of aromatic nitrogens is 3. The van der Waals surface area contributed by atoms with E-state index in [9.17, 15) is 14.7 Å². The van der Waals surface area contributed by atoms with Gasteiger partial charge in [0.15, 0.2) is 0 Å². The third-order valence-corrected chi connectivity index (χ3v) is 3.16. The summed E-state index contributed by atoms with van der Waals surface area (Å²) in [5, 5.41) is 18.0. The van der Waals surface area contributed by atoms with Crippen molar-refractivity contribution in [3.63, 3.8) is 0 Å². The van der Waals surface area contributed by atoms with Crippen LogP contribution in [-0.4, -0.2) is 37.4 Å². The lowest BCUT2D eigenvalue weighted by Crippen LogP contribution is -2.54. The zero-order valence-electron chi connectivity index (χ0n) is 10.0.